The fourth-order valence-electron chi connectivity index (χ4n) is 2.12. The van der Waals surface area contributed by atoms with Crippen LogP contribution in [-0.2, 0) is 16.6 Å². The van der Waals surface area contributed by atoms with Crippen molar-refractivity contribution in [3.05, 3.63) is 34.9 Å². The molecule has 0 saturated carbocycles. The Morgan fingerprint density at radius 1 is 1.31 bits per heavy atom. The van der Waals surface area contributed by atoms with Crippen molar-refractivity contribution in [2.75, 3.05) is 13.2 Å². The summed E-state index contributed by atoms with van der Waals surface area (Å²) in [6.07, 6.45) is 0.980. The van der Waals surface area contributed by atoms with Gasteiger partial charge in [-0.15, -0.1) is 0 Å². The Labute approximate surface area is 97.8 Å². The molecule has 0 aromatic heterocycles. The molecule has 2 nitrogen and oxygen atoms in total. The average molecular weight is 219 g/mol. The third-order valence-corrected chi connectivity index (χ3v) is 3.22. The minimum absolute atomic E-state index is 0.0276. The van der Waals surface area contributed by atoms with Crippen molar-refractivity contribution in [3.8, 4) is 0 Å². The van der Waals surface area contributed by atoms with Crippen molar-refractivity contribution in [3.63, 3.8) is 0 Å². The third kappa shape index (κ3) is 2.28. The maximum Gasteiger partial charge on any atom is 0.0659 e. The Morgan fingerprint density at radius 2 is 2.06 bits per heavy atom. The predicted molar refractivity (Wildman–Crippen MR) is 66.6 cm³/mol. The molecule has 0 bridgehead atoms. The lowest BCUT2D eigenvalue weighted by Gasteiger charge is -2.22. The number of rotatable bonds is 0. The van der Waals surface area contributed by atoms with Crippen LogP contribution in [0.1, 0.15) is 43.5 Å². The molecule has 1 heterocycles. The molecule has 88 valence electrons. The molecule has 0 amide bonds. The third-order valence-electron chi connectivity index (χ3n) is 3.22. The van der Waals surface area contributed by atoms with Crippen molar-refractivity contribution in [1.29, 1.82) is 0 Å². The second-order valence-corrected chi connectivity index (χ2v) is 5.60. The number of benzene rings is 1. The van der Waals surface area contributed by atoms with Crippen LogP contribution in [-0.4, -0.2) is 13.2 Å². The van der Waals surface area contributed by atoms with E-state index in [-0.39, 0.29) is 11.5 Å². The zero-order valence-electron chi connectivity index (χ0n) is 10.4. The van der Waals surface area contributed by atoms with Gasteiger partial charge >= 0.3 is 0 Å². The van der Waals surface area contributed by atoms with Crippen molar-refractivity contribution in [2.24, 2.45) is 5.73 Å². The van der Waals surface area contributed by atoms with E-state index in [0.717, 1.165) is 13.0 Å². The van der Waals surface area contributed by atoms with E-state index in [0.29, 0.717) is 6.61 Å². The number of fused-ring (bicyclic) bond motifs is 1. The topological polar surface area (TPSA) is 35.2 Å². The normalized spacial score (nSPS) is 21.4. The fraction of sp³-hybridized carbons (Fsp3) is 0.571. The van der Waals surface area contributed by atoms with Gasteiger partial charge in [0.1, 0.15) is 0 Å². The number of nitrogens with two attached hydrogens (primary N) is 1. The molecule has 1 aliphatic rings. The maximum atomic E-state index is 6.13. The summed E-state index contributed by atoms with van der Waals surface area (Å²) in [5, 5.41) is 0. The van der Waals surface area contributed by atoms with E-state index in [2.05, 4.69) is 39.0 Å². The Morgan fingerprint density at radius 3 is 2.75 bits per heavy atom. The molecule has 1 aliphatic heterocycles. The summed E-state index contributed by atoms with van der Waals surface area (Å²) in [4.78, 5) is 0. The lowest BCUT2D eigenvalue weighted by molar-refractivity contribution is 0.131. The van der Waals surface area contributed by atoms with Gasteiger partial charge in [0, 0.05) is 0 Å². The zero-order chi connectivity index (χ0) is 11.8. The molecule has 1 aromatic rings. The minimum atomic E-state index is 0.0276. The summed E-state index contributed by atoms with van der Waals surface area (Å²) in [6.45, 7) is 8.12. The van der Waals surface area contributed by atoms with E-state index in [1.807, 2.05) is 0 Å². The molecule has 2 N–H and O–H groups in total. The van der Waals surface area contributed by atoms with Gasteiger partial charge in [0.2, 0.25) is 0 Å². The highest BCUT2D eigenvalue weighted by molar-refractivity contribution is 5.37. The molecular formula is C14H21NO. The van der Waals surface area contributed by atoms with Gasteiger partial charge in [0.25, 0.3) is 0 Å². The first-order valence-corrected chi connectivity index (χ1v) is 5.95. The van der Waals surface area contributed by atoms with Crippen LogP contribution in [0.4, 0.5) is 0 Å². The van der Waals surface area contributed by atoms with Gasteiger partial charge in [0.15, 0.2) is 0 Å². The van der Waals surface area contributed by atoms with Crippen LogP contribution in [0, 0.1) is 0 Å². The van der Waals surface area contributed by atoms with Crippen LogP contribution in [0.2, 0.25) is 0 Å². The standard InChI is InChI=1S/C14H21NO/c1-14(2,3)11-5-4-10-6-7-16-9-13(15)12(10)8-11/h4-5,8,13H,6-7,9,15H2,1-3H3. The van der Waals surface area contributed by atoms with Crippen LogP contribution < -0.4 is 5.73 Å². The van der Waals surface area contributed by atoms with Crippen molar-refractivity contribution < 1.29 is 4.74 Å². The van der Waals surface area contributed by atoms with Crippen molar-refractivity contribution in [2.45, 2.75) is 38.6 Å². The van der Waals surface area contributed by atoms with E-state index in [4.69, 9.17) is 10.5 Å². The largest absolute Gasteiger partial charge is 0.379 e. The van der Waals surface area contributed by atoms with Gasteiger partial charge in [0.05, 0.1) is 19.3 Å². The Bertz CT molecular complexity index is 379. The zero-order valence-corrected chi connectivity index (χ0v) is 10.4. The van der Waals surface area contributed by atoms with E-state index in [1.165, 1.54) is 16.7 Å². The van der Waals surface area contributed by atoms with Gasteiger partial charge in [-0.05, 0) is 28.5 Å². The van der Waals surface area contributed by atoms with Crippen LogP contribution in [0.15, 0.2) is 18.2 Å². The van der Waals surface area contributed by atoms with Gasteiger partial charge in [-0.25, -0.2) is 0 Å². The lowest BCUT2D eigenvalue weighted by Crippen LogP contribution is -2.18. The van der Waals surface area contributed by atoms with Crippen molar-refractivity contribution in [1.82, 2.24) is 0 Å². The van der Waals surface area contributed by atoms with Crippen LogP contribution >= 0.6 is 0 Å². The number of ether oxygens (including phenoxy) is 1. The fourth-order valence-corrected chi connectivity index (χ4v) is 2.12. The van der Waals surface area contributed by atoms with E-state index >= 15 is 0 Å². The molecule has 0 radical (unpaired) electrons. The molecule has 2 heteroatoms. The average Bonchev–Trinajstić information content (AvgIpc) is 2.39. The monoisotopic (exact) mass is 219 g/mol. The molecular weight excluding hydrogens is 198 g/mol. The Kier molecular flexibility index (Phi) is 3.04. The van der Waals surface area contributed by atoms with Gasteiger partial charge in [-0.2, -0.15) is 0 Å². The van der Waals surface area contributed by atoms with Crippen LogP contribution in [0.3, 0.4) is 0 Å². The summed E-state index contributed by atoms with van der Waals surface area (Å²) in [5.41, 5.74) is 10.3. The van der Waals surface area contributed by atoms with Gasteiger partial charge in [-0.3, -0.25) is 0 Å². The first-order valence-electron chi connectivity index (χ1n) is 5.95. The molecule has 0 saturated heterocycles. The van der Waals surface area contributed by atoms with E-state index in [9.17, 15) is 0 Å². The Hall–Kier alpha value is -0.860. The summed E-state index contributed by atoms with van der Waals surface area (Å²) < 4.78 is 5.49. The quantitative estimate of drug-likeness (QED) is 0.728. The second-order valence-electron chi connectivity index (χ2n) is 5.60. The van der Waals surface area contributed by atoms with E-state index < -0.39 is 0 Å². The van der Waals surface area contributed by atoms with Crippen molar-refractivity contribution >= 4 is 0 Å². The molecule has 0 spiro atoms. The van der Waals surface area contributed by atoms with Gasteiger partial charge < -0.3 is 10.5 Å². The molecule has 0 aliphatic carbocycles. The molecule has 1 unspecified atom stereocenters. The first-order chi connectivity index (χ1) is 7.48. The summed E-state index contributed by atoms with van der Waals surface area (Å²) >= 11 is 0. The smallest absolute Gasteiger partial charge is 0.0659 e. The number of hydrogen-bond donors (Lipinski definition) is 1. The van der Waals surface area contributed by atoms with Crippen LogP contribution in [0.25, 0.3) is 0 Å². The molecule has 1 atom stereocenters. The summed E-state index contributed by atoms with van der Waals surface area (Å²) in [7, 11) is 0. The SMILES string of the molecule is CC(C)(C)c1ccc2c(c1)C(N)COCC2. The highest BCUT2D eigenvalue weighted by Gasteiger charge is 2.20. The molecule has 2 rings (SSSR count). The van der Waals surface area contributed by atoms with Gasteiger partial charge in [-0.1, -0.05) is 39.0 Å². The molecule has 16 heavy (non-hydrogen) atoms. The maximum absolute atomic E-state index is 6.13. The Balaban J connectivity index is 2.43. The molecule has 0 fully saturated rings. The lowest BCUT2D eigenvalue weighted by atomic mass is 9.84. The summed E-state index contributed by atoms with van der Waals surface area (Å²) in [5.74, 6) is 0. The summed E-state index contributed by atoms with van der Waals surface area (Å²) in [6, 6.07) is 6.72. The second kappa shape index (κ2) is 4.19. The minimum Gasteiger partial charge on any atom is -0.379 e. The van der Waals surface area contributed by atoms with E-state index in [1.54, 1.807) is 0 Å². The van der Waals surface area contributed by atoms with Crippen LogP contribution in [0.5, 0.6) is 0 Å². The first kappa shape index (κ1) is 11.6. The predicted octanol–water partition coefficient (Wildman–Crippen LogP) is 2.56. The highest BCUT2D eigenvalue weighted by Crippen LogP contribution is 2.28. The number of hydrogen-bond acceptors (Lipinski definition) is 2. The highest BCUT2D eigenvalue weighted by atomic mass is 16.5. The molecule has 1 aromatic carbocycles.